The highest BCUT2D eigenvalue weighted by Gasteiger charge is 2.27. The number of amides is 1. The molecule has 1 saturated heterocycles. The van der Waals surface area contributed by atoms with Crippen molar-refractivity contribution in [3.8, 4) is 0 Å². The Morgan fingerprint density at radius 2 is 1.95 bits per heavy atom. The average molecular weight is 302 g/mol. The molecule has 1 aliphatic heterocycles. The van der Waals surface area contributed by atoms with Crippen molar-refractivity contribution in [1.29, 1.82) is 0 Å². The van der Waals surface area contributed by atoms with Gasteiger partial charge in [0.05, 0.1) is 0 Å². The number of nitrogens with one attached hydrogen (secondary N) is 1. The van der Waals surface area contributed by atoms with Crippen molar-refractivity contribution >= 4 is 11.7 Å². The number of carbonyl (C=O) groups excluding carboxylic acids is 1. The van der Waals surface area contributed by atoms with E-state index in [-0.39, 0.29) is 17.9 Å². The summed E-state index contributed by atoms with van der Waals surface area (Å²) in [6.45, 7) is 5.82. The molecule has 2 fully saturated rings. The number of carbonyl (C=O) groups is 1. The van der Waals surface area contributed by atoms with Crippen molar-refractivity contribution in [3.05, 3.63) is 18.1 Å². The van der Waals surface area contributed by atoms with E-state index in [2.05, 4.69) is 26.3 Å². The first-order valence-electron chi connectivity index (χ1n) is 8.50. The smallest absolute Gasteiger partial charge is 0.223 e. The molecule has 0 bridgehead atoms. The lowest BCUT2D eigenvalue weighted by Gasteiger charge is -2.33. The summed E-state index contributed by atoms with van der Waals surface area (Å²) >= 11 is 0. The quantitative estimate of drug-likeness (QED) is 0.928. The predicted octanol–water partition coefficient (Wildman–Crippen LogP) is 2.49. The Morgan fingerprint density at radius 1 is 1.23 bits per heavy atom. The number of anilines is 1. The first kappa shape index (κ1) is 15.3. The van der Waals surface area contributed by atoms with Gasteiger partial charge in [-0.3, -0.25) is 4.79 Å². The van der Waals surface area contributed by atoms with E-state index < -0.39 is 0 Å². The summed E-state index contributed by atoms with van der Waals surface area (Å²) in [7, 11) is 0. The molecule has 3 rings (SSSR count). The molecule has 2 aliphatic rings. The Bertz CT molecular complexity index is 519. The first-order valence-corrected chi connectivity index (χ1v) is 8.50. The molecule has 1 aromatic rings. The van der Waals surface area contributed by atoms with E-state index in [1.165, 1.54) is 25.0 Å². The highest BCUT2D eigenvalue weighted by atomic mass is 16.1. The number of nitrogens with zero attached hydrogens (tertiary/aromatic N) is 3. The van der Waals surface area contributed by atoms with Gasteiger partial charge in [-0.15, -0.1) is 0 Å². The van der Waals surface area contributed by atoms with E-state index in [4.69, 9.17) is 0 Å². The summed E-state index contributed by atoms with van der Waals surface area (Å²) in [5.74, 6) is 2.01. The summed E-state index contributed by atoms with van der Waals surface area (Å²) < 4.78 is 0. The minimum Gasteiger partial charge on any atom is -0.356 e. The van der Waals surface area contributed by atoms with E-state index in [1.807, 2.05) is 13.8 Å². The van der Waals surface area contributed by atoms with Gasteiger partial charge in [0, 0.05) is 42.7 Å². The Morgan fingerprint density at radius 3 is 2.55 bits per heavy atom. The maximum atomic E-state index is 12.1. The molecule has 1 aromatic heterocycles. The lowest BCUT2D eigenvalue weighted by atomic mass is 9.83. The fourth-order valence-corrected chi connectivity index (χ4v) is 3.23. The lowest BCUT2D eigenvalue weighted by molar-refractivity contribution is -0.126. The van der Waals surface area contributed by atoms with E-state index in [1.54, 1.807) is 6.33 Å². The summed E-state index contributed by atoms with van der Waals surface area (Å²) in [5.41, 5.74) is 1.19. The maximum Gasteiger partial charge on any atom is 0.223 e. The number of aromatic nitrogens is 2. The number of rotatable bonds is 4. The van der Waals surface area contributed by atoms with Gasteiger partial charge in [0.2, 0.25) is 5.91 Å². The Kier molecular flexibility index (Phi) is 4.60. The van der Waals surface area contributed by atoms with E-state index in [0.717, 1.165) is 31.7 Å². The van der Waals surface area contributed by atoms with Gasteiger partial charge in [-0.2, -0.15) is 0 Å². The van der Waals surface area contributed by atoms with Crippen molar-refractivity contribution < 1.29 is 4.79 Å². The van der Waals surface area contributed by atoms with Crippen LogP contribution in [0.5, 0.6) is 0 Å². The zero-order valence-electron chi connectivity index (χ0n) is 13.6. The zero-order chi connectivity index (χ0) is 15.5. The monoisotopic (exact) mass is 302 g/mol. The molecule has 0 radical (unpaired) electrons. The first-order chi connectivity index (χ1) is 10.6. The Balaban J connectivity index is 1.58. The average Bonchev–Trinajstić information content (AvgIpc) is 2.45. The molecular weight excluding hydrogens is 276 g/mol. The molecule has 1 N–H and O–H groups in total. The molecule has 5 nitrogen and oxygen atoms in total. The van der Waals surface area contributed by atoms with Crippen LogP contribution < -0.4 is 10.2 Å². The number of hydrogen-bond donors (Lipinski definition) is 1. The van der Waals surface area contributed by atoms with Crippen molar-refractivity contribution in [2.75, 3.05) is 18.0 Å². The normalized spacial score (nSPS) is 20.0. The van der Waals surface area contributed by atoms with Crippen LogP contribution in [0.25, 0.3) is 0 Å². The number of hydrogen-bond acceptors (Lipinski definition) is 4. The molecule has 0 atom stereocenters. The highest BCUT2D eigenvalue weighted by molar-refractivity contribution is 5.79. The second kappa shape index (κ2) is 6.63. The van der Waals surface area contributed by atoms with Crippen LogP contribution >= 0.6 is 0 Å². The van der Waals surface area contributed by atoms with Gasteiger partial charge < -0.3 is 10.2 Å². The van der Waals surface area contributed by atoms with Crippen LogP contribution in [-0.2, 0) is 4.79 Å². The highest BCUT2D eigenvalue weighted by Crippen LogP contribution is 2.36. The van der Waals surface area contributed by atoms with Crippen LogP contribution in [-0.4, -0.2) is 35.0 Å². The minimum atomic E-state index is 0.145. The molecular formula is C17H26N4O. The van der Waals surface area contributed by atoms with Gasteiger partial charge in [0.15, 0.2) is 0 Å². The third-order valence-corrected chi connectivity index (χ3v) is 4.82. The van der Waals surface area contributed by atoms with Gasteiger partial charge in [-0.05, 0) is 39.5 Å². The van der Waals surface area contributed by atoms with Crippen molar-refractivity contribution in [1.82, 2.24) is 15.3 Å². The largest absolute Gasteiger partial charge is 0.356 e. The topological polar surface area (TPSA) is 58.1 Å². The zero-order valence-corrected chi connectivity index (χ0v) is 13.6. The molecule has 120 valence electrons. The lowest BCUT2D eigenvalue weighted by Crippen LogP contribution is -2.42. The van der Waals surface area contributed by atoms with Crippen molar-refractivity contribution in [3.63, 3.8) is 0 Å². The second-order valence-electron chi connectivity index (χ2n) is 6.85. The van der Waals surface area contributed by atoms with Gasteiger partial charge in [0.25, 0.3) is 0 Å². The van der Waals surface area contributed by atoms with Crippen LogP contribution in [0.3, 0.4) is 0 Å². The van der Waals surface area contributed by atoms with E-state index in [9.17, 15) is 4.79 Å². The predicted molar refractivity (Wildman–Crippen MR) is 86.8 cm³/mol. The van der Waals surface area contributed by atoms with E-state index in [0.29, 0.717) is 5.92 Å². The van der Waals surface area contributed by atoms with Crippen molar-refractivity contribution in [2.45, 2.75) is 57.9 Å². The van der Waals surface area contributed by atoms with Gasteiger partial charge in [-0.25, -0.2) is 9.97 Å². The summed E-state index contributed by atoms with van der Waals surface area (Å²) in [5, 5.41) is 3.02. The molecule has 0 spiro atoms. The van der Waals surface area contributed by atoms with Crippen molar-refractivity contribution in [2.24, 2.45) is 5.92 Å². The molecule has 5 heteroatoms. The molecule has 0 aromatic carbocycles. The SMILES string of the molecule is CC(C)NC(=O)C1CCN(c2cc(C3CCC3)ncn2)CC1. The molecule has 1 aliphatic carbocycles. The van der Waals surface area contributed by atoms with Crippen LogP contribution in [0.4, 0.5) is 5.82 Å². The third-order valence-electron chi connectivity index (χ3n) is 4.82. The second-order valence-corrected chi connectivity index (χ2v) is 6.85. The van der Waals surface area contributed by atoms with Crippen LogP contribution in [0, 0.1) is 5.92 Å². The van der Waals surface area contributed by atoms with Gasteiger partial charge >= 0.3 is 0 Å². The molecule has 2 heterocycles. The summed E-state index contributed by atoms with van der Waals surface area (Å²) in [6, 6.07) is 2.37. The molecule has 0 unspecified atom stereocenters. The molecule has 1 saturated carbocycles. The minimum absolute atomic E-state index is 0.145. The fourth-order valence-electron chi connectivity index (χ4n) is 3.23. The standard InChI is InChI=1S/C17H26N4O/c1-12(2)20-17(22)14-6-8-21(9-7-14)16-10-15(18-11-19-16)13-4-3-5-13/h10-14H,3-9H2,1-2H3,(H,20,22). The Hall–Kier alpha value is -1.65. The van der Waals surface area contributed by atoms with Gasteiger partial charge in [0.1, 0.15) is 12.1 Å². The third kappa shape index (κ3) is 3.39. The van der Waals surface area contributed by atoms with Crippen LogP contribution in [0.15, 0.2) is 12.4 Å². The summed E-state index contributed by atoms with van der Waals surface area (Å²) in [6.07, 6.45) is 7.34. The van der Waals surface area contributed by atoms with E-state index >= 15 is 0 Å². The maximum absolute atomic E-state index is 12.1. The molecule has 1 amide bonds. The molecule has 22 heavy (non-hydrogen) atoms. The summed E-state index contributed by atoms with van der Waals surface area (Å²) in [4.78, 5) is 23.2. The van der Waals surface area contributed by atoms with Crippen LogP contribution in [0.1, 0.15) is 57.6 Å². The number of piperidine rings is 1. The fraction of sp³-hybridized carbons (Fsp3) is 0.706. The van der Waals surface area contributed by atoms with Gasteiger partial charge in [-0.1, -0.05) is 6.42 Å². The Labute approximate surface area is 132 Å². The van der Waals surface area contributed by atoms with Crippen LogP contribution in [0.2, 0.25) is 0 Å².